The van der Waals surface area contributed by atoms with Crippen LogP contribution < -0.4 is 0 Å². The van der Waals surface area contributed by atoms with E-state index in [-0.39, 0.29) is 5.88 Å². The first kappa shape index (κ1) is 14.4. The van der Waals surface area contributed by atoms with Crippen LogP contribution >= 0.6 is 0 Å². The monoisotopic (exact) mass is 292 g/mol. The summed E-state index contributed by atoms with van der Waals surface area (Å²) in [4.78, 5) is 7.66. The molecule has 3 heteroatoms. The maximum absolute atomic E-state index is 10.1. The molecule has 1 heterocycles. The van der Waals surface area contributed by atoms with Crippen LogP contribution in [0.3, 0.4) is 0 Å². The van der Waals surface area contributed by atoms with E-state index in [1.807, 2.05) is 24.3 Å². The van der Waals surface area contributed by atoms with Crippen molar-refractivity contribution in [1.82, 2.24) is 4.98 Å². The normalized spacial score (nSPS) is 11.8. The van der Waals surface area contributed by atoms with Crippen molar-refractivity contribution in [1.29, 1.82) is 0 Å². The minimum absolute atomic E-state index is 0.157. The fourth-order valence-corrected chi connectivity index (χ4v) is 2.73. The van der Waals surface area contributed by atoms with E-state index in [9.17, 15) is 5.11 Å². The van der Waals surface area contributed by atoms with Gasteiger partial charge in [-0.15, -0.1) is 0 Å². The second-order valence-corrected chi connectivity index (χ2v) is 5.86. The molecule has 0 aliphatic heterocycles. The maximum atomic E-state index is 10.1. The van der Waals surface area contributed by atoms with Crippen LogP contribution in [0.1, 0.15) is 36.5 Å². The maximum Gasteiger partial charge on any atom is 0.198 e. The van der Waals surface area contributed by atoms with Crippen LogP contribution in [0.25, 0.3) is 10.9 Å². The van der Waals surface area contributed by atoms with Gasteiger partial charge in [0.2, 0.25) is 0 Å². The summed E-state index contributed by atoms with van der Waals surface area (Å²) in [6.45, 7) is 6.39. The highest BCUT2D eigenvalue weighted by atomic mass is 16.3. The molecular formula is C19H20N2O. The van der Waals surface area contributed by atoms with Crippen molar-refractivity contribution in [3.8, 4) is 5.88 Å². The number of nitrogens with one attached hydrogen (secondary N) is 1. The third-order valence-corrected chi connectivity index (χ3v) is 3.94. The van der Waals surface area contributed by atoms with Crippen molar-refractivity contribution in [3.05, 3.63) is 59.2 Å². The number of fused-ring (bicyclic) bond motifs is 1. The van der Waals surface area contributed by atoms with Gasteiger partial charge in [-0.25, -0.2) is 0 Å². The first-order valence-electron chi connectivity index (χ1n) is 7.51. The molecule has 0 fully saturated rings. The molecule has 3 aromatic rings. The molecule has 112 valence electrons. The smallest absolute Gasteiger partial charge is 0.198 e. The zero-order valence-electron chi connectivity index (χ0n) is 13.1. The molecular weight excluding hydrogens is 272 g/mol. The summed E-state index contributed by atoms with van der Waals surface area (Å²) >= 11 is 0. The molecule has 0 spiro atoms. The summed E-state index contributed by atoms with van der Waals surface area (Å²) in [5, 5.41) is 11.1. The lowest BCUT2D eigenvalue weighted by Gasteiger charge is -2.11. The first-order valence-corrected chi connectivity index (χ1v) is 7.51. The molecule has 22 heavy (non-hydrogen) atoms. The van der Waals surface area contributed by atoms with Gasteiger partial charge in [0.15, 0.2) is 5.88 Å². The molecule has 0 aliphatic carbocycles. The number of aliphatic imine (C=N–C) groups is 1. The molecule has 0 amide bonds. The number of para-hydroxylation sites is 2. The van der Waals surface area contributed by atoms with Gasteiger partial charge in [0.05, 0.1) is 11.3 Å². The third-order valence-electron chi connectivity index (χ3n) is 3.94. The standard InChI is InChI=1S/C19H20N2O/c1-12(2)14-9-6-7-13(3)18(14)20-11-16-15-8-4-5-10-17(15)21-19(16)22/h4-12,21-22H,1-3H3. The third kappa shape index (κ3) is 2.50. The highest BCUT2D eigenvalue weighted by Gasteiger charge is 2.10. The van der Waals surface area contributed by atoms with E-state index in [2.05, 4.69) is 48.9 Å². The molecule has 2 aromatic carbocycles. The van der Waals surface area contributed by atoms with Crippen LogP contribution in [0.5, 0.6) is 5.88 Å². The topological polar surface area (TPSA) is 48.4 Å². The van der Waals surface area contributed by atoms with Crippen LogP contribution in [-0.2, 0) is 0 Å². The summed E-state index contributed by atoms with van der Waals surface area (Å²) in [5.41, 5.74) is 4.99. The van der Waals surface area contributed by atoms with Gasteiger partial charge in [0.1, 0.15) is 0 Å². The van der Waals surface area contributed by atoms with Crippen molar-refractivity contribution in [2.45, 2.75) is 26.7 Å². The summed E-state index contributed by atoms with van der Waals surface area (Å²) in [5.74, 6) is 0.563. The lowest BCUT2D eigenvalue weighted by Crippen LogP contribution is -1.91. The number of aromatic nitrogens is 1. The molecule has 0 aliphatic rings. The molecule has 0 radical (unpaired) electrons. The molecule has 0 saturated heterocycles. The van der Waals surface area contributed by atoms with Gasteiger partial charge >= 0.3 is 0 Å². The Morgan fingerprint density at radius 3 is 2.64 bits per heavy atom. The molecule has 1 aromatic heterocycles. The van der Waals surface area contributed by atoms with Gasteiger partial charge in [0, 0.05) is 17.1 Å². The molecule has 0 unspecified atom stereocenters. The van der Waals surface area contributed by atoms with Crippen LogP contribution in [0, 0.1) is 6.92 Å². The average Bonchev–Trinajstić information content (AvgIpc) is 2.81. The summed E-state index contributed by atoms with van der Waals surface area (Å²) in [6, 6.07) is 14.1. The Balaban J connectivity index is 2.09. The van der Waals surface area contributed by atoms with E-state index in [0.717, 1.165) is 27.7 Å². The number of rotatable bonds is 3. The zero-order chi connectivity index (χ0) is 15.7. The molecule has 0 bridgehead atoms. The Labute approximate surface area is 130 Å². The summed E-state index contributed by atoms with van der Waals surface area (Å²) in [6.07, 6.45) is 1.75. The zero-order valence-corrected chi connectivity index (χ0v) is 13.1. The van der Waals surface area contributed by atoms with E-state index in [1.165, 1.54) is 5.56 Å². The van der Waals surface area contributed by atoms with Crippen molar-refractivity contribution in [3.63, 3.8) is 0 Å². The van der Waals surface area contributed by atoms with E-state index in [0.29, 0.717) is 5.92 Å². The van der Waals surface area contributed by atoms with Gasteiger partial charge in [-0.2, -0.15) is 0 Å². The van der Waals surface area contributed by atoms with Gasteiger partial charge in [-0.05, 0) is 30.0 Å². The fraction of sp³-hybridized carbons (Fsp3) is 0.211. The Kier molecular flexibility index (Phi) is 3.72. The predicted molar refractivity (Wildman–Crippen MR) is 92.5 cm³/mol. The Hall–Kier alpha value is -2.55. The Morgan fingerprint density at radius 1 is 1.09 bits per heavy atom. The SMILES string of the molecule is Cc1cccc(C(C)C)c1N=Cc1c(O)[nH]c2ccccc12. The van der Waals surface area contributed by atoms with E-state index in [1.54, 1.807) is 6.21 Å². The van der Waals surface area contributed by atoms with Crippen molar-refractivity contribution in [2.75, 3.05) is 0 Å². The molecule has 2 N–H and O–H groups in total. The van der Waals surface area contributed by atoms with Crippen molar-refractivity contribution in [2.24, 2.45) is 4.99 Å². The van der Waals surface area contributed by atoms with Gasteiger partial charge in [-0.1, -0.05) is 50.2 Å². The first-order chi connectivity index (χ1) is 10.6. The number of H-pyrrole nitrogens is 1. The van der Waals surface area contributed by atoms with Crippen LogP contribution in [0.2, 0.25) is 0 Å². The lowest BCUT2D eigenvalue weighted by molar-refractivity contribution is 0.457. The van der Waals surface area contributed by atoms with E-state index >= 15 is 0 Å². The van der Waals surface area contributed by atoms with Crippen LogP contribution in [0.4, 0.5) is 5.69 Å². The largest absolute Gasteiger partial charge is 0.494 e. The second-order valence-electron chi connectivity index (χ2n) is 5.86. The van der Waals surface area contributed by atoms with Crippen LogP contribution in [0.15, 0.2) is 47.5 Å². The predicted octanol–water partition coefficient (Wildman–Crippen LogP) is 5.06. The minimum atomic E-state index is 0.157. The molecule has 0 atom stereocenters. The molecule has 3 rings (SSSR count). The summed E-state index contributed by atoms with van der Waals surface area (Å²) in [7, 11) is 0. The number of aromatic amines is 1. The minimum Gasteiger partial charge on any atom is -0.494 e. The second kappa shape index (κ2) is 5.68. The number of hydrogen-bond acceptors (Lipinski definition) is 2. The van der Waals surface area contributed by atoms with Crippen LogP contribution in [-0.4, -0.2) is 16.3 Å². The van der Waals surface area contributed by atoms with E-state index < -0.39 is 0 Å². The molecule has 3 nitrogen and oxygen atoms in total. The number of hydrogen-bond donors (Lipinski definition) is 2. The number of aromatic hydroxyl groups is 1. The fourth-order valence-electron chi connectivity index (χ4n) is 2.73. The summed E-state index contributed by atoms with van der Waals surface area (Å²) < 4.78 is 0. The van der Waals surface area contributed by atoms with Gasteiger partial charge in [-0.3, -0.25) is 4.99 Å². The Morgan fingerprint density at radius 2 is 1.86 bits per heavy atom. The number of aryl methyl sites for hydroxylation is 1. The van der Waals surface area contributed by atoms with E-state index in [4.69, 9.17) is 0 Å². The number of nitrogens with zero attached hydrogens (tertiary/aromatic N) is 1. The van der Waals surface area contributed by atoms with Gasteiger partial charge in [0.25, 0.3) is 0 Å². The van der Waals surface area contributed by atoms with Crippen molar-refractivity contribution < 1.29 is 5.11 Å². The lowest BCUT2D eigenvalue weighted by atomic mass is 9.98. The van der Waals surface area contributed by atoms with Gasteiger partial charge < -0.3 is 10.1 Å². The quantitative estimate of drug-likeness (QED) is 0.651. The highest BCUT2D eigenvalue weighted by Crippen LogP contribution is 2.31. The number of benzene rings is 2. The van der Waals surface area contributed by atoms with Crippen molar-refractivity contribution >= 4 is 22.8 Å². The molecule has 0 saturated carbocycles. The Bertz CT molecular complexity index is 844. The highest BCUT2D eigenvalue weighted by molar-refractivity contribution is 6.02. The average molecular weight is 292 g/mol.